The zero-order valence-corrected chi connectivity index (χ0v) is 11.3. The normalized spacial score (nSPS) is 10.6. The van der Waals surface area contributed by atoms with Gasteiger partial charge in [-0.2, -0.15) is 0 Å². The Morgan fingerprint density at radius 1 is 1.05 bits per heavy atom. The highest BCUT2D eigenvalue weighted by Gasteiger charge is 1.97. The molecule has 0 N–H and O–H groups in total. The Morgan fingerprint density at radius 3 is 2.37 bits per heavy atom. The molecule has 19 heavy (non-hydrogen) atoms. The second-order valence-corrected chi connectivity index (χ2v) is 4.25. The zero-order valence-electron chi connectivity index (χ0n) is 11.3. The van der Waals surface area contributed by atoms with Gasteiger partial charge >= 0.3 is 0 Å². The monoisotopic (exact) mass is 254 g/mol. The number of anilines is 1. The van der Waals surface area contributed by atoms with Gasteiger partial charge in [0.05, 0.1) is 20.0 Å². The molecule has 0 fully saturated rings. The summed E-state index contributed by atoms with van der Waals surface area (Å²) < 4.78 is 5.14. The van der Waals surface area contributed by atoms with E-state index in [1.54, 1.807) is 7.11 Å². The van der Waals surface area contributed by atoms with Gasteiger partial charge in [0, 0.05) is 12.7 Å². The first-order valence-electron chi connectivity index (χ1n) is 6.20. The summed E-state index contributed by atoms with van der Waals surface area (Å²) in [6.45, 7) is 0.696. The molecule has 0 amide bonds. The van der Waals surface area contributed by atoms with Crippen molar-refractivity contribution in [1.82, 2.24) is 0 Å². The maximum atomic E-state index is 5.14. The van der Waals surface area contributed by atoms with Crippen molar-refractivity contribution in [2.75, 3.05) is 19.1 Å². The molecule has 3 nitrogen and oxygen atoms in total. The Kier molecular flexibility index (Phi) is 4.56. The Balaban J connectivity index is 1.94. The Labute approximate surface area is 114 Å². The lowest BCUT2D eigenvalue weighted by Crippen LogP contribution is -2.14. The summed E-state index contributed by atoms with van der Waals surface area (Å²) in [7, 11) is 3.65. The topological polar surface area (TPSA) is 24.8 Å². The lowest BCUT2D eigenvalue weighted by molar-refractivity contribution is 0.415. The van der Waals surface area contributed by atoms with Crippen molar-refractivity contribution >= 4 is 12.0 Å². The summed E-state index contributed by atoms with van der Waals surface area (Å²) in [6, 6.07) is 18.1. The molecule has 0 atom stereocenters. The minimum absolute atomic E-state index is 0.696. The van der Waals surface area contributed by atoms with E-state index in [1.165, 1.54) is 5.56 Å². The second-order valence-electron chi connectivity index (χ2n) is 4.25. The quantitative estimate of drug-likeness (QED) is 0.603. The number of rotatable bonds is 5. The number of hydrogen-bond donors (Lipinski definition) is 0. The summed E-state index contributed by atoms with van der Waals surface area (Å²) in [5.74, 6) is 0.860. The van der Waals surface area contributed by atoms with Crippen LogP contribution >= 0.6 is 0 Å². The van der Waals surface area contributed by atoms with Crippen LogP contribution in [-0.2, 0) is 6.54 Å². The van der Waals surface area contributed by atoms with Gasteiger partial charge in [-0.15, -0.1) is 0 Å². The van der Waals surface area contributed by atoms with E-state index in [-0.39, 0.29) is 0 Å². The van der Waals surface area contributed by atoms with Crippen LogP contribution in [0.15, 0.2) is 59.6 Å². The summed E-state index contributed by atoms with van der Waals surface area (Å²) in [5, 5.41) is 0. The fourth-order valence-corrected chi connectivity index (χ4v) is 1.74. The number of benzene rings is 2. The summed E-state index contributed by atoms with van der Waals surface area (Å²) in [6.07, 6.45) is 1.84. The molecule has 0 aliphatic rings. The molecule has 0 aromatic heterocycles. The average molecular weight is 254 g/mol. The lowest BCUT2D eigenvalue weighted by Gasteiger charge is -2.13. The van der Waals surface area contributed by atoms with Gasteiger partial charge in [-0.05, 0) is 29.8 Å². The number of aliphatic imine (C=N–C) groups is 1. The molecule has 2 rings (SSSR count). The Bertz CT molecular complexity index is 520. The molecule has 0 radical (unpaired) electrons. The first-order chi connectivity index (χ1) is 9.29. The van der Waals surface area contributed by atoms with Crippen LogP contribution in [0.25, 0.3) is 0 Å². The molecule has 0 aliphatic heterocycles. The average Bonchev–Trinajstić information content (AvgIpc) is 2.48. The van der Waals surface area contributed by atoms with Crippen LogP contribution in [0, 0.1) is 0 Å². The molecule has 3 heteroatoms. The van der Waals surface area contributed by atoms with Crippen LogP contribution < -0.4 is 9.64 Å². The van der Waals surface area contributed by atoms with Crippen LogP contribution in [0.2, 0.25) is 0 Å². The van der Waals surface area contributed by atoms with Crippen molar-refractivity contribution in [1.29, 1.82) is 0 Å². The minimum Gasteiger partial charge on any atom is -0.497 e. The predicted octanol–water partition coefficient (Wildman–Crippen LogP) is 3.36. The molecule has 2 aromatic rings. The van der Waals surface area contributed by atoms with E-state index in [1.807, 2.05) is 60.8 Å². The standard InChI is InChI=1S/C16H18N2O/c1-18(15-8-10-16(19-2)11-9-15)13-17-12-14-6-4-3-5-7-14/h3-11,13H,12H2,1-2H3. The number of hydrogen-bond acceptors (Lipinski definition) is 2. The highest BCUT2D eigenvalue weighted by Crippen LogP contribution is 2.17. The van der Waals surface area contributed by atoms with Gasteiger partial charge in [0.1, 0.15) is 5.75 Å². The maximum absolute atomic E-state index is 5.14. The van der Waals surface area contributed by atoms with E-state index in [9.17, 15) is 0 Å². The zero-order chi connectivity index (χ0) is 13.5. The van der Waals surface area contributed by atoms with E-state index >= 15 is 0 Å². The van der Waals surface area contributed by atoms with Gasteiger partial charge < -0.3 is 9.64 Å². The smallest absolute Gasteiger partial charge is 0.119 e. The van der Waals surface area contributed by atoms with Gasteiger partial charge in [0.25, 0.3) is 0 Å². The van der Waals surface area contributed by atoms with Gasteiger partial charge in [0.15, 0.2) is 0 Å². The van der Waals surface area contributed by atoms with E-state index < -0.39 is 0 Å². The third kappa shape index (κ3) is 3.85. The first kappa shape index (κ1) is 13.1. The van der Waals surface area contributed by atoms with Crippen LogP contribution in [0.3, 0.4) is 0 Å². The molecule has 2 aromatic carbocycles. The van der Waals surface area contributed by atoms with Crippen molar-refractivity contribution in [3.05, 3.63) is 60.2 Å². The molecule has 98 valence electrons. The van der Waals surface area contributed by atoms with Crippen molar-refractivity contribution < 1.29 is 4.74 Å². The SMILES string of the molecule is COc1ccc(N(C)C=NCc2ccccc2)cc1. The highest BCUT2D eigenvalue weighted by atomic mass is 16.5. The maximum Gasteiger partial charge on any atom is 0.119 e. The first-order valence-corrected chi connectivity index (χ1v) is 6.20. The van der Waals surface area contributed by atoms with Crippen molar-refractivity contribution in [3.8, 4) is 5.75 Å². The summed E-state index contributed by atoms with van der Waals surface area (Å²) in [5.41, 5.74) is 2.29. The fraction of sp³-hybridized carbons (Fsp3) is 0.188. The van der Waals surface area contributed by atoms with Crippen LogP contribution in [0.4, 0.5) is 5.69 Å². The summed E-state index contributed by atoms with van der Waals surface area (Å²) >= 11 is 0. The van der Waals surface area contributed by atoms with Gasteiger partial charge in [-0.1, -0.05) is 30.3 Å². The third-order valence-corrected chi connectivity index (χ3v) is 2.85. The number of methoxy groups -OCH3 is 1. The lowest BCUT2D eigenvalue weighted by atomic mass is 10.2. The molecule has 0 spiro atoms. The van der Waals surface area contributed by atoms with Crippen LogP contribution in [0.5, 0.6) is 5.75 Å². The molecular formula is C16H18N2O. The van der Waals surface area contributed by atoms with E-state index in [2.05, 4.69) is 17.1 Å². The second kappa shape index (κ2) is 6.59. The van der Waals surface area contributed by atoms with E-state index in [0.717, 1.165) is 11.4 Å². The fourth-order valence-electron chi connectivity index (χ4n) is 1.74. The molecule has 0 saturated carbocycles. The van der Waals surface area contributed by atoms with Gasteiger partial charge in [-0.25, -0.2) is 0 Å². The van der Waals surface area contributed by atoms with E-state index in [0.29, 0.717) is 6.54 Å². The molecule has 0 bridgehead atoms. The van der Waals surface area contributed by atoms with Crippen LogP contribution in [-0.4, -0.2) is 20.5 Å². The predicted molar refractivity (Wildman–Crippen MR) is 80.0 cm³/mol. The summed E-state index contributed by atoms with van der Waals surface area (Å²) in [4.78, 5) is 6.42. The largest absolute Gasteiger partial charge is 0.497 e. The van der Waals surface area contributed by atoms with Crippen molar-refractivity contribution in [3.63, 3.8) is 0 Å². The Hall–Kier alpha value is -2.29. The minimum atomic E-state index is 0.696. The number of nitrogens with zero attached hydrogens (tertiary/aromatic N) is 2. The van der Waals surface area contributed by atoms with Crippen molar-refractivity contribution in [2.24, 2.45) is 4.99 Å². The van der Waals surface area contributed by atoms with E-state index in [4.69, 9.17) is 4.74 Å². The van der Waals surface area contributed by atoms with Crippen LogP contribution in [0.1, 0.15) is 5.56 Å². The Morgan fingerprint density at radius 2 is 1.74 bits per heavy atom. The van der Waals surface area contributed by atoms with Gasteiger partial charge in [-0.3, -0.25) is 4.99 Å². The molecule has 0 heterocycles. The molecular weight excluding hydrogens is 236 g/mol. The number of ether oxygens (including phenoxy) is 1. The molecule has 0 aliphatic carbocycles. The third-order valence-electron chi connectivity index (χ3n) is 2.85. The molecule has 0 saturated heterocycles. The molecule has 0 unspecified atom stereocenters. The highest BCUT2D eigenvalue weighted by molar-refractivity contribution is 5.78. The van der Waals surface area contributed by atoms with Crippen molar-refractivity contribution in [2.45, 2.75) is 6.54 Å². The van der Waals surface area contributed by atoms with Gasteiger partial charge in [0.2, 0.25) is 0 Å².